The standard InChI is InChI=1S/C15H20BrClN4/c1-3-13-15(17)14(21(2)20-13)9-12(19-18)8-10-4-6-11(16)7-5-10/h4-7,12,19H,3,8-9,18H2,1-2H3. The fourth-order valence-corrected chi connectivity index (χ4v) is 3.01. The van der Waals surface area contributed by atoms with Crippen LogP contribution in [0.5, 0.6) is 0 Å². The normalized spacial score (nSPS) is 12.6. The number of hydrogen-bond donors (Lipinski definition) is 2. The summed E-state index contributed by atoms with van der Waals surface area (Å²) in [7, 11) is 1.92. The number of aryl methyl sites for hydroxylation is 2. The molecule has 4 nitrogen and oxygen atoms in total. The molecule has 2 rings (SSSR count). The van der Waals surface area contributed by atoms with Crippen molar-refractivity contribution >= 4 is 27.5 Å². The zero-order valence-electron chi connectivity index (χ0n) is 12.2. The minimum absolute atomic E-state index is 0.115. The monoisotopic (exact) mass is 370 g/mol. The van der Waals surface area contributed by atoms with Gasteiger partial charge in [0.1, 0.15) is 0 Å². The molecule has 2 aromatic rings. The van der Waals surface area contributed by atoms with Crippen molar-refractivity contribution in [2.24, 2.45) is 12.9 Å². The largest absolute Gasteiger partial charge is 0.271 e. The summed E-state index contributed by atoms with van der Waals surface area (Å²) in [6.07, 6.45) is 2.42. The van der Waals surface area contributed by atoms with Gasteiger partial charge in [0.15, 0.2) is 0 Å². The van der Waals surface area contributed by atoms with Gasteiger partial charge in [-0.05, 0) is 30.5 Å². The van der Waals surface area contributed by atoms with E-state index in [1.807, 2.05) is 23.9 Å². The van der Waals surface area contributed by atoms with Crippen molar-refractivity contribution in [1.29, 1.82) is 0 Å². The van der Waals surface area contributed by atoms with Crippen molar-refractivity contribution in [2.75, 3.05) is 0 Å². The summed E-state index contributed by atoms with van der Waals surface area (Å²) >= 11 is 9.84. The summed E-state index contributed by atoms with van der Waals surface area (Å²) in [6, 6.07) is 8.38. The SMILES string of the molecule is CCc1nn(C)c(CC(Cc2ccc(Br)cc2)NN)c1Cl. The van der Waals surface area contributed by atoms with Crippen LogP contribution in [0.3, 0.4) is 0 Å². The molecule has 1 aromatic heterocycles. The van der Waals surface area contributed by atoms with Crippen LogP contribution < -0.4 is 11.3 Å². The van der Waals surface area contributed by atoms with Gasteiger partial charge >= 0.3 is 0 Å². The van der Waals surface area contributed by atoms with Crippen LogP contribution in [0.25, 0.3) is 0 Å². The number of rotatable bonds is 6. The third-order valence-corrected chi connectivity index (χ3v) is 4.54. The summed E-state index contributed by atoms with van der Waals surface area (Å²) in [4.78, 5) is 0. The first-order chi connectivity index (χ1) is 10.0. The molecule has 0 bridgehead atoms. The Labute approximate surface area is 138 Å². The molecule has 0 radical (unpaired) electrons. The van der Waals surface area contributed by atoms with E-state index in [9.17, 15) is 0 Å². The van der Waals surface area contributed by atoms with Gasteiger partial charge in [-0.1, -0.05) is 46.6 Å². The maximum atomic E-state index is 6.40. The average Bonchev–Trinajstić information content (AvgIpc) is 2.75. The van der Waals surface area contributed by atoms with Crippen molar-refractivity contribution in [3.63, 3.8) is 0 Å². The maximum absolute atomic E-state index is 6.40. The highest BCUT2D eigenvalue weighted by molar-refractivity contribution is 9.10. The van der Waals surface area contributed by atoms with E-state index >= 15 is 0 Å². The van der Waals surface area contributed by atoms with Crippen LogP contribution in [0, 0.1) is 0 Å². The zero-order valence-corrected chi connectivity index (χ0v) is 14.6. The molecular weight excluding hydrogens is 352 g/mol. The average molecular weight is 372 g/mol. The van der Waals surface area contributed by atoms with E-state index in [1.54, 1.807) is 0 Å². The van der Waals surface area contributed by atoms with Crippen LogP contribution in [0.4, 0.5) is 0 Å². The summed E-state index contributed by atoms with van der Waals surface area (Å²) < 4.78 is 2.93. The van der Waals surface area contributed by atoms with Gasteiger partial charge in [-0.25, -0.2) is 0 Å². The smallest absolute Gasteiger partial charge is 0.0850 e. The maximum Gasteiger partial charge on any atom is 0.0850 e. The molecule has 1 unspecified atom stereocenters. The van der Waals surface area contributed by atoms with Gasteiger partial charge in [-0.3, -0.25) is 16.0 Å². The number of nitrogens with two attached hydrogens (primary N) is 1. The Hall–Kier alpha value is -0.880. The zero-order chi connectivity index (χ0) is 15.4. The molecule has 0 spiro atoms. The van der Waals surface area contributed by atoms with E-state index in [0.717, 1.165) is 40.1 Å². The number of nitrogens with zero attached hydrogens (tertiary/aromatic N) is 2. The molecule has 0 fully saturated rings. The third kappa shape index (κ3) is 4.07. The van der Waals surface area contributed by atoms with Crippen LogP contribution in [0.15, 0.2) is 28.7 Å². The number of halogens is 2. The van der Waals surface area contributed by atoms with Crippen molar-refractivity contribution in [3.05, 3.63) is 50.7 Å². The van der Waals surface area contributed by atoms with Crippen LogP contribution in [-0.2, 0) is 26.3 Å². The summed E-state index contributed by atoms with van der Waals surface area (Å²) in [6.45, 7) is 2.05. The van der Waals surface area contributed by atoms with Crippen molar-refractivity contribution in [1.82, 2.24) is 15.2 Å². The molecule has 21 heavy (non-hydrogen) atoms. The highest BCUT2D eigenvalue weighted by Crippen LogP contribution is 2.23. The molecule has 6 heteroatoms. The fraction of sp³-hybridized carbons (Fsp3) is 0.400. The minimum Gasteiger partial charge on any atom is -0.271 e. The van der Waals surface area contributed by atoms with Gasteiger partial charge in [0.2, 0.25) is 0 Å². The lowest BCUT2D eigenvalue weighted by Crippen LogP contribution is -2.39. The molecule has 0 saturated heterocycles. The van der Waals surface area contributed by atoms with E-state index in [1.165, 1.54) is 5.56 Å². The Kier molecular flexibility index (Phi) is 5.81. The Balaban J connectivity index is 2.12. The second-order valence-corrected chi connectivity index (χ2v) is 6.38. The summed E-state index contributed by atoms with van der Waals surface area (Å²) in [5, 5.41) is 5.20. The Morgan fingerprint density at radius 1 is 1.33 bits per heavy atom. The number of aromatic nitrogens is 2. The molecule has 0 aliphatic carbocycles. The van der Waals surface area contributed by atoms with E-state index in [0.29, 0.717) is 0 Å². The number of nitrogens with one attached hydrogen (secondary N) is 1. The fourth-order valence-electron chi connectivity index (χ4n) is 2.37. The molecule has 3 N–H and O–H groups in total. The van der Waals surface area contributed by atoms with E-state index in [-0.39, 0.29) is 6.04 Å². The topological polar surface area (TPSA) is 55.9 Å². The third-order valence-electron chi connectivity index (χ3n) is 3.57. The minimum atomic E-state index is 0.115. The first-order valence-corrected chi connectivity index (χ1v) is 8.13. The Morgan fingerprint density at radius 2 is 2.00 bits per heavy atom. The van der Waals surface area contributed by atoms with E-state index in [4.69, 9.17) is 17.4 Å². The second kappa shape index (κ2) is 7.40. The van der Waals surface area contributed by atoms with Gasteiger partial charge < -0.3 is 0 Å². The molecular formula is C15H20BrClN4. The van der Waals surface area contributed by atoms with Gasteiger partial charge in [-0.2, -0.15) is 5.10 Å². The molecule has 114 valence electrons. The first kappa shape index (κ1) is 16.5. The predicted molar refractivity (Wildman–Crippen MR) is 90.3 cm³/mol. The van der Waals surface area contributed by atoms with Crippen LogP contribution in [0.1, 0.15) is 23.9 Å². The van der Waals surface area contributed by atoms with Crippen molar-refractivity contribution in [3.8, 4) is 0 Å². The molecule has 0 aliphatic heterocycles. The van der Waals surface area contributed by atoms with Gasteiger partial charge in [0.05, 0.1) is 16.4 Å². The first-order valence-electron chi connectivity index (χ1n) is 6.96. The molecule has 0 saturated carbocycles. The molecule has 1 heterocycles. The van der Waals surface area contributed by atoms with Gasteiger partial charge in [0.25, 0.3) is 0 Å². The highest BCUT2D eigenvalue weighted by Gasteiger charge is 2.17. The van der Waals surface area contributed by atoms with E-state index < -0.39 is 0 Å². The summed E-state index contributed by atoms with van der Waals surface area (Å²) in [5.41, 5.74) is 6.08. The van der Waals surface area contributed by atoms with Crippen molar-refractivity contribution in [2.45, 2.75) is 32.2 Å². The number of hydrogen-bond acceptors (Lipinski definition) is 3. The van der Waals surface area contributed by atoms with Gasteiger partial charge in [0, 0.05) is 24.0 Å². The lowest BCUT2D eigenvalue weighted by atomic mass is 10.0. The highest BCUT2D eigenvalue weighted by atomic mass is 79.9. The Bertz CT molecular complexity index is 594. The lowest BCUT2D eigenvalue weighted by molar-refractivity contribution is 0.505. The van der Waals surface area contributed by atoms with Crippen LogP contribution in [-0.4, -0.2) is 15.8 Å². The summed E-state index contributed by atoms with van der Waals surface area (Å²) in [5.74, 6) is 5.71. The molecule has 0 amide bonds. The van der Waals surface area contributed by atoms with Gasteiger partial charge in [-0.15, -0.1) is 0 Å². The number of benzene rings is 1. The molecule has 0 aliphatic rings. The van der Waals surface area contributed by atoms with E-state index in [2.05, 4.69) is 45.5 Å². The van der Waals surface area contributed by atoms with Crippen molar-refractivity contribution < 1.29 is 0 Å². The number of hydrazine groups is 1. The quantitative estimate of drug-likeness (QED) is 0.606. The van der Waals surface area contributed by atoms with Crippen LogP contribution in [0.2, 0.25) is 5.02 Å². The predicted octanol–water partition coefficient (Wildman–Crippen LogP) is 3.02. The molecule has 1 aromatic carbocycles. The second-order valence-electron chi connectivity index (χ2n) is 5.08. The van der Waals surface area contributed by atoms with Crippen LogP contribution >= 0.6 is 27.5 Å². The lowest BCUT2D eigenvalue weighted by Gasteiger charge is -2.16. The Morgan fingerprint density at radius 3 is 2.52 bits per heavy atom. The molecule has 1 atom stereocenters.